The van der Waals surface area contributed by atoms with Crippen LogP contribution >= 0.6 is 0 Å². The van der Waals surface area contributed by atoms with Crippen LogP contribution in [0.2, 0.25) is 0 Å². The fraction of sp³-hybridized carbons (Fsp3) is 0.833. The van der Waals surface area contributed by atoms with Crippen molar-refractivity contribution in [3.05, 3.63) is 11.8 Å². The summed E-state index contributed by atoms with van der Waals surface area (Å²) in [7, 11) is 1.65. The molecule has 0 aromatic rings. The van der Waals surface area contributed by atoms with Gasteiger partial charge in [-0.25, -0.2) is 0 Å². The van der Waals surface area contributed by atoms with Crippen LogP contribution < -0.4 is 0 Å². The first kappa shape index (κ1) is 12.5. The summed E-state index contributed by atoms with van der Waals surface area (Å²) in [5, 5.41) is 10.3. The van der Waals surface area contributed by atoms with E-state index in [1.165, 1.54) is 0 Å². The molecule has 3 heteroatoms. The lowest BCUT2D eigenvalue weighted by Crippen LogP contribution is -2.45. The molecule has 0 aliphatic carbocycles. The largest absolute Gasteiger partial charge is 0.495 e. The third kappa shape index (κ3) is 2.52. The van der Waals surface area contributed by atoms with Crippen molar-refractivity contribution in [2.75, 3.05) is 13.7 Å². The molecule has 0 spiro atoms. The molecule has 0 radical (unpaired) electrons. The fourth-order valence-corrected chi connectivity index (χ4v) is 2.06. The van der Waals surface area contributed by atoms with Crippen molar-refractivity contribution >= 4 is 0 Å². The number of ether oxygens (including phenoxy) is 2. The molecule has 0 aromatic heterocycles. The van der Waals surface area contributed by atoms with Gasteiger partial charge >= 0.3 is 0 Å². The van der Waals surface area contributed by atoms with Gasteiger partial charge in [0.15, 0.2) is 0 Å². The molecule has 1 aliphatic heterocycles. The van der Waals surface area contributed by atoms with E-state index in [9.17, 15) is 5.11 Å². The van der Waals surface area contributed by atoms with Crippen LogP contribution in [0, 0.1) is 0 Å². The molecule has 3 nitrogen and oxygen atoms in total. The molecular formula is C12H22O3. The average Bonchev–Trinajstić information content (AvgIpc) is 2.33. The molecule has 1 heterocycles. The summed E-state index contributed by atoms with van der Waals surface area (Å²) >= 11 is 0. The Kier molecular flexibility index (Phi) is 4.61. The standard InChI is InChI=1S/C12H22O3/c1-4-12(5-2,14-3)11(13)10-8-6-7-9-15-10/h8,11,13H,4-7,9H2,1-3H3. The summed E-state index contributed by atoms with van der Waals surface area (Å²) in [6, 6.07) is 0. The first-order chi connectivity index (χ1) is 7.20. The number of aliphatic hydroxyl groups excluding tert-OH is 1. The zero-order chi connectivity index (χ0) is 11.3. The maximum atomic E-state index is 10.3. The molecule has 0 fully saturated rings. The van der Waals surface area contributed by atoms with Gasteiger partial charge in [0.2, 0.25) is 0 Å². The quantitative estimate of drug-likeness (QED) is 0.763. The van der Waals surface area contributed by atoms with Crippen LogP contribution in [-0.4, -0.2) is 30.5 Å². The molecule has 0 bridgehead atoms. The van der Waals surface area contributed by atoms with Crippen molar-refractivity contribution in [3.63, 3.8) is 0 Å². The van der Waals surface area contributed by atoms with Gasteiger partial charge in [-0.2, -0.15) is 0 Å². The summed E-state index contributed by atoms with van der Waals surface area (Å²) in [5.41, 5.74) is -0.497. The van der Waals surface area contributed by atoms with Crippen molar-refractivity contribution in [1.29, 1.82) is 0 Å². The van der Waals surface area contributed by atoms with Crippen LogP contribution in [0.25, 0.3) is 0 Å². The second-order valence-electron chi connectivity index (χ2n) is 3.98. The normalized spacial score (nSPS) is 19.3. The highest BCUT2D eigenvalue weighted by Gasteiger charge is 2.38. The third-order valence-corrected chi connectivity index (χ3v) is 3.33. The number of allylic oxidation sites excluding steroid dienone is 1. The zero-order valence-electron chi connectivity index (χ0n) is 9.95. The Morgan fingerprint density at radius 3 is 2.60 bits per heavy atom. The first-order valence-electron chi connectivity index (χ1n) is 5.76. The average molecular weight is 214 g/mol. The van der Waals surface area contributed by atoms with Gasteiger partial charge in [-0.15, -0.1) is 0 Å². The van der Waals surface area contributed by atoms with E-state index >= 15 is 0 Å². The van der Waals surface area contributed by atoms with Crippen LogP contribution in [0.5, 0.6) is 0 Å². The molecule has 88 valence electrons. The Hall–Kier alpha value is -0.540. The lowest BCUT2D eigenvalue weighted by atomic mass is 9.88. The van der Waals surface area contributed by atoms with E-state index in [-0.39, 0.29) is 0 Å². The second-order valence-corrected chi connectivity index (χ2v) is 3.98. The first-order valence-corrected chi connectivity index (χ1v) is 5.76. The van der Waals surface area contributed by atoms with Gasteiger partial charge in [0.05, 0.1) is 6.61 Å². The van der Waals surface area contributed by atoms with E-state index in [0.29, 0.717) is 12.4 Å². The van der Waals surface area contributed by atoms with Crippen LogP contribution in [0.3, 0.4) is 0 Å². The molecule has 1 rings (SSSR count). The van der Waals surface area contributed by atoms with Gasteiger partial charge in [-0.3, -0.25) is 0 Å². The Morgan fingerprint density at radius 2 is 2.20 bits per heavy atom. The van der Waals surface area contributed by atoms with E-state index in [2.05, 4.69) is 0 Å². The lowest BCUT2D eigenvalue weighted by molar-refractivity contribution is -0.110. The molecule has 1 atom stereocenters. The number of hydrogen-bond donors (Lipinski definition) is 1. The monoisotopic (exact) mass is 214 g/mol. The Bertz CT molecular complexity index is 211. The van der Waals surface area contributed by atoms with Crippen LogP contribution in [-0.2, 0) is 9.47 Å². The van der Waals surface area contributed by atoms with Gasteiger partial charge in [-0.1, -0.05) is 13.8 Å². The van der Waals surface area contributed by atoms with E-state index in [1.807, 2.05) is 19.9 Å². The molecule has 1 N–H and O–H groups in total. The minimum absolute atomic E-state index is 0.497. The van der Waals surface area contributed by atoms with Crippen molar-refractivity contribution in [2.45, 2.75) is 51.2 Å². The minimum Gasteiger partial charge on any atom is -0.495 e. The summed E-state index contributed by atoms with van der Waals surface area (Å²) in [4.78, 5) is 0. The van der Waals surface area contributed by atoms with E-state index in [4.69, 9.17) is 9.47 Å². The lowest BCUT2D eigenvalue weighted by Gasteiger charge is -2.36. The SMILES string of the molecule is CCC(CC)(OC)C(O)C1=CCCCO1. The summed E-state index contributed by atoms with van der Waals surface area (Å²) in [5.74, 6) is 0.687. The molecule has 0 amide bonds. The molecule has 1 aliphatic rings. The van der Waals surface area contributed by atoms with Gasteiger partial charge in [0, 0.05) is 7.11 Å². The van der Waals surface area contributed by atoms with Crippen LogP contribution in [0.15, 0.2) is 11.8 Å². The van der Waals surface area contributed by atoms with E-state index in [0.717, 1.165) is 25.7 Å². The topological polar surface area (TPSA) is 38.7 Å². The molecular weight excluding hydrogens is 192 g/mol. The maximum Gasteiger partial charge on any atom is 0.139 e. The smallest absolute Gasteiger partial charge is 0.139 e. The fourth-order valence-electron chi connectivity index (χ4n) is 2.06. The third-order valence-electron chi connectivity index (χ3n) is 3.33. The highest BCUT2D eigenvalue weighted by Crippen LogP contribution is 2.30. The van der Waals surface area contributed by atoms with Crippen molar-refractivity contribution in [1.82, 2.24) is 0 Å². The van der Waals surface area contributed by atoms with Crippen molar-refractivity contribution in [3.8, 4) is 0 Å². The number of methoxy groups -OCH3 is 1. The highest BCUT2D eigenvalue weighted by molar-refractivity contribution is 5.09. The Labute approximate surface area is 92.1 Å². The van der Waals surface area contributed by atoms with Gasteiger partial charge in [0.25, 0.3) is 0 Å². The highest BCUT2D eigenvalue weighted by atomic mass is 16.5. The van der Waals surface area contributed by atoms with Crippen molar-refractivity contribution in [2.24, 2.45) is 0 Å². The Morgan fingerprint density at radius 1 is 1.53 bits per heavy atom. The van der Waals surface area contributed by atoms with Crippen LogP contribution in [0.1, 0.15) is 39.5 Å². The molecule has 15 heavy (non-hydrogen) atoms. The summed E-state index contributed by atoms with van der Waals surface area (Å²) in [6.07, 6.45) is 4.92. The molecule has 1 unspecified atom stereocenters. The zero-order valence-corrected chi connectivity index (χ0v) is 9.95. The Balaban J connectivity index is 2.78. The van der Waals surface area contributed by atoms with Gasteiger partial charge in [0.1, 0.15) is 17.5 Å². The maximum absolute atomic E-state index is 10.3. The molecule has 0 saturated carbocycles. The summed E-state index contributed by atoms with van der Waals surface area (Å²) < 4.78 is 11.0. The second kappa shape index (κ2) is 5.52. The number of aliphatic hydroxyl groups is 1. The summed E-state index contributed by atoms with van der Waals surface area (Å²) in [6.45, 7) is 4.76. The number of hydrogen-bond acceptors (Lipinski definition) is 3. The van der Waals surface area contributed by atoms with E-state index < -0.39 is 11.7 Å². The predicted molar refractivity (Wildman–Crippen MR) is 59.6 cm³/mol. The minimum atomic E-state index is -0.641. The number of rotatable bonds is 5. The van der Waals surface area contributed by atoms with Gasteiger partial charge < -0.3 is 14.6 Å². The molecule has 0 aromatic carbocycles. The van der Waals surface area contributed by atoms with Gasteiger partial charge in [-0.05, 0) is 31.8 Å². The van der Waals surface area contributed by atoms with Crippen molar-refractivity contribution < 1.29 is 14.6 Å². The molecule has 0 saturated heterocycles. The van der Waals surface area contributed by atoms with Crippen LogP contribution in [0.4, 0.5) is 0 Å². The van der Waals surface area contributed by atoms with E-state index in [1.54, 1.807) is 7.11 Å². The predicted octanol–water partition coefficient (Wildman–Crippen LogP) is 2.25.